The van der Waals surface area contributed by atoms with E-state index in [2.05, 4.69) is 20.8 Å². The van der Waals surface area contributed by atoms with Crippen molar-refractivity contribution in [2.24, 2.45) is 12.9 Å². The van der Waals surface area contributed by atoms with Crippen LogP contribution in [0, 0.1) is 0 Å². The average molecular weight is 504 g/mol. The van der Waals surface area contributed by atoms with E-state index in [1.807, 2.05) is 6.07 Å². The van der Waals surface area contributed by atoms with Crippen LogP contribution >= 0.6 is 0 Å². The van der Waals surface area contributed by atoms with E-state index in [0.717, 1.165) is 5.56 Å². The molecule has 1 aliphatic rings. The number of aliphatic hydroxyl groups excluding tert-OH is 1. The molecule has 1 fully saturated rings. The first-order valence-corrected chi connectivity index (χ1v) is 11.5. The quantitative estimate of drug-likeness (QED) is 0.287. The number of likely N-dealkylation sites (tertiary alicyclic amines) is 1. The molecule has 0 spiro atoms. The Balaban J connectivity index is 1.51. The van der Waals surface area contributed by atoms with Crippen LogP contribution in [-0.2, 0) is 13.7 Å². The number of alkyl halides is 3. The number of hydrazine groups is 1. The molecule has 0 amide bonds. The smallest absolute Gasteiger partial charge is 0.392 e. The third-order valence-corrected chi connectivity index (χ3v) is 6.34. The molecule has 4 rings (SSSR count). The summed E-state index contributed by atoms with van der Waals surface area (Å²) in [5.74, 6) is 6.13. The molecule has 1 aliphatic heterocycles. The molecule has 5 N–H and O–H groups in total. The van der Waals surface area contributed by atoms with Gasteiger partial charge in [-0.2, -0.15) is 18.3 Å². The third-order valence-electron chi connectivity index (χ3n) is 6.34. The summed E-state index contributed by atoms with van der Waals surface area (Å²) in [6.45, 7) is -0.384. The number of aromatic nitrogens is 3. The van der Waals surface area contributed by atoms with Crippen LogP contribution in [0.4, 0.5) is 30.4 Å². The van der Waals surface area contributed by atoms with Crippen molar-refractivity contribution in [1.29, 1.82) is 0 Å². The van der Waals surface area contributed by atoms with E-state index in [4.69, 9.17) is 5.84 Å². The third kappa shape index (κ3) is 5.83. The van der Waals surface area contributed by atoms with E-state index >= 15 is 0 Å². The summed E-state index contributed by atoms with van der Waals surface area (Å²) in [6, 6.07) is 10.5. The summed E-state index contributed by atoms with van der Waals surface area (Å²) in [7, 11) is 1.53. The highest BCUT2D eigenvalue weighted by molar-refractivity contribution is 5.73. The molecular weight excluding hydrogens is 475 g/mol. The van der Waals surface area contributed by atoms with Gasteiger partial charge in [-0.05, 0) is 55.6 Å². The molecule has 2 aromatic heterocycles. The molecule has 0 aliphatic carbocycles. The number of nitrogen functional groups attached to an aromatic ring is 1. The number of pyridine rings is 1. The molecule has 36 heavy (non-hydrogen) atoms. The van der Waals surface area contributed by atoms with Crippen LogP contribution in [-0.4, -0.2) is 50.6 Å². The molecular formula is C24H28F3N7O2. The van der Waals surface area contributed by atoms with Gasteiger partial charge < -0.3 is 15.8 Å². The molecule has 0 bridgehead atoms. The van der Waals surface area contributed by atoms with Crippen molar-refractivity contribution in [2.45, 2.75) is 31.5 Å². The summed E-state index contributed by atoms with van der Waals surface area (Å²) in [5, 5.41) is 17.2. The Morgan fingerprint density at radius 3 is 2.53 bits per heavy atom. The zero-order valence-electron chi connectivity index (χ0n) is 19.7. The monoisotopic (exact) mass is 503 g/mol. The van der Waals surface area contributed by atoms with Crippen molar-refractivity contribution in [2.75, 3.05) is 30.4 Å². The fourth-order valence-corrected chi connectivity index (χ4v) is 4.50. The molecule has 9 nitrogen and oxygen atoms in total. The van der Waals surface area contributed by atoms with E-state index in [1.165, 1.54) is 16.6 Å². The number of rotatable bonds is 7. The fraction of sp³-hybridized carbons (Fsp3) is 0.375. The maximum absolute atomic E-state index is 12.7. The van der Waals surface area contributed by atoms with Crippen LogP contribution in [0.5, 0.6) is 0 Å². The van der Waals surface area contributed by atoms with Gasteiger partial charge in [0.15, 0.2) is 0 Å². The van der Waals surface area contributed by atoms with Crippen molar-refractivity contribution in [1.82, 2.24) is 19.7 Å². The zero-order chi connectivity index (χ0) is 25.9. The number of nitrogens with one attached hydrogen (secondary N) is 2. The van der Waals surface area contributed by atoms with Crippen LogP contribution in [0.1, 0.15) is 29.9 Å². The lowest BCUT2D eigenvalue weighted by Gasteiger charge is -2.32. The topological polar surface area (TPSA) is 121 Å². The molecule has 3 aromatic rings. The number of halogens is 3. The largest absolute Gasteiger partial charge is 0.401 e. The van der Waals surface area contributed by atoms with Crippen LogP contribution in [0.25, 0.3) is 11.3 Å². The molecule has 0 saturated carbocycles. The number of nitrogens with zero attached hydrogens (tertiary/aromatic N) is 4. The minimum Gasteiger partial charge on any atom is -0.392 e. The maximum atomic E-state index is 12.7. The summed E-state index contributed by atoms with van der Waals surface area (Å²) >= 11 is 0. The van der Waals surface area contributed by atoms with Gasteiger partial charge in [-0.1, -0.05) is 18.2 Å². The molecule has 0 radical (unpaired) electrons. The van der Waals surface area contributed by atoms with E-state index in [1.54, 1.807) is 36.5 Å². The van der Waals surface area contributed by atoms with Crippen LogP contribution in [0.3, 0.4) is 0 Å². The molecule has 1 aromatic carbocycles. The highest BCUT2D eigenvalue weighted by Crippen LogP contribution is 2.31. The maximum Gasteiger partial charge on any atom is 0.401 e. The van der Waals surface area contributed by atoms with Gasteiger partial charge in [0, 0.05) is 24.4 Å². The van der Waals surface area contributed by atoms with Gasteiger partial charge in [0.05, 0.1) is 24.5 Å². The Bertz CT molecular complexity index is 1250. The highest BCUT2D eigenvalue weighted by Gasteiger charge is 2.32. The second-order valence-corrected chi connectivity index (χ2v) is 8.77. The lowest BCUT2D eigenvalue weighted by molar-refractivity contribution is -0.147. The molecule has 0 atom stereocenters. The Hall–Kier alpha value is -3.48. The number of hydrogen-bond acceptors (Lipinski definition) is 8. The predicted molar refractivity (Wildman–Crippen MR) is 131 cm³/mol. The summed E-state index contributed by atoms with van der Waals surface area (Å²) in [4.78, 5) is 18.6. The Morgan fingerprint density at radius 1 is 1.17 bits per heavy atom. The second kappa shape index (κ2) is 10.6. The standard InChI is InChI=1S/C24H28F3N7O2/c1-33-23(36)21(11-20(32-33)17-3-2-4-19(31-28)18(17)13-35)30-22-6-5-16(12-29-22)15-7-9-34(10-8-15)14-24(25,26)27/h2-6,11-12,15,31,35H,7-10,13-14,28H2,1H3,(H,29,30). The highest BCUT2D eigenvalue weighted by atomic mass is 19.4. The van der Waals surface area contributed by atoms with Crippen molar-refractivity contribution in [3.05, 3.63) is 64.1 Å². The van der Waals surface area contributed by atoms with Gasteiger partial charge >= 0.3 is 6.18 Å². The Morgan fingerprint density at radius 2 is 1.92 bits per heavy atom. The normalized spacial score (nSPS) is 15.2. The summed E-state index contributed by atoms with van der Waals surface area (Å²) in [6.07, 6.45) is -1.24. The lowest BCUT2D eigenvalue weighted by atomic mass is 9.90. The number of benzene rings is 1. The van der Waals surface area contributed by atoms with Gasteiger partial charge in [0.2, 0.25) is 0 Å². The van der Waals surface area contributed by atoms with Crippen molar-refractivity contribution in [3.8, 4) is 11.3 Å². The number of hydrogen-bond donors (Lipinski definition) is 4. The first-order chi connectivity index (χ1) is 17.2. The van der Waals surface area contributed by atoms with Gasteiger partial charge in [-0.15, -0.1) is 0 Å². The minimum atomic E-state index is -4.19. The molecule has 12 heteroatoms. The minimum absolute atomic E-state index is 0.136. The van der Waals surface area contributed by atoms with Crippen LogP contribution in [0.2, 0.25) is 0 Å². The van der Waals surface area contributed by atoms with E-state index in [-0.39, 0.29) is 23.8 Å². The summed E-state index contributed by atoms with van der Waals surface area (Å²) in [5.41, 5.74) is 5.55. The first-order valence-electron chi connectivity index (χ1n) is 11.5. The van der Waals surface area contributed by atoms with Gasteiger partial charge in [0.1, 0.15) is 11.5 Å². The number of nitrogens with two attached hydrogens (primary N) is 1. The molecule has 1 saturated heterocycles. The van der Waals surface area contributed by atoms with E-state index in [9.17, 15) is 23.1 Å². The van der Waals surface area contributed by atoms with E-state index in [0.29, 0.717) is 54.3 Å². The fourth-order valence-electron chi connectivity index (χ4n) is 4.50. The predicted octanol–water partition coefficient (Wildman–Crippen LogP) is 3.11. The number of aliphatic hydroxyl groups is 1. The Kier molecular flexibility index (Phi) is 7.57. The zero-order valence-corrected chi connectivity index (χ0v) is 19.7. The van der Waals surface area contributed by atoms with Gasteiger partial charge in [0.25, 0.3) is 5.56 Å². The molecule has 3 heterocycles. The molecule has 192 valence electrons. The van der Waals surface area contributed by atoms with E-state index < -0.39 is 12.7 Å². The van der Waals surface area contributed by atoms with Gasteiger partial charge in [-0.3, -0.25) is 15.5 Å². The first kappa shape index (κ1) is 25.6. The second-order valence-electron chi connectivity index (χ2n) is 8.77. The van der Waals surface area contributed by atoms with Crippen molar-refractivity contribution >= 4 is 17.2 Å². The average Bonchev–Trinajstić information content (AvgIpc) is 2.86. The lowest BCUT2D eigenvalue weighted by Crippen LogP contribution is -2.39. The van der Waals surface area contributed by atoms with Crippen molar-refractivity contribution < 1.29 is 18.3 Å². The number of anilines is 3. The Labute approximate surface area is 205 Å². The SMILES string of the molecule is Cn1nc(-c2cccc(NN)c2CO)cc(Nc2ccc(C3CCN(CC(F)(F)F)CC3)cn2)c1=O. The van der Waals surface area contributed by atoms with Crippen molar-refractivity contribution in [3.63, 3.8) is 0 Å². The summed E-state index contributed by atoms with van der Waals surface area (Å²) < 4.78 is 39.1. The molecule has 0 unspecified atom stereocenters. The number of piperidine rings is 1. The van der Waals surface area contributed by atoms with Crippen LogP contribution in [0.15, 0.2) is 47.4 Å². The van der Waals surface area contributed by atoms with Crippen LogP contribution < -0.4 is 22.1 Å². The van der Waals surface area contributed by atoms with Gasteiger partial charge in [-0.25, -0.2) is 9.67 Å². The number of aryl methyl sites for hydroxylation is 1.